The van der Waals surface area contributed by atoms with Crippen LogP contribution in [0.25, 0.3) is 16.5 Å². The molecule has 5 heteroatoms. The van der Waals surface area contributed by atoms with Crippen molar-refractivity contribution >= 4 is 40.1 Å². The van der Waals surface area contributed by atoms with E-state index in [1.165, 1.54) is 0 Å². The molecule has 32 heavy (non-hydrogen) atoms. The van der Waals surface area contributed by atoms with Gasteiger partial charge < -0.3 is 9.47 Å². The zero-order valence-corrected chi connectivity index (χ0v) is 19.0. The summed E-state index contributed by atoms with van der Waals surface area (Å²) >= 11 is 6.12. The van der Waals surface area contributed by atoms with Crippen LogP contribution in [0, 0.1) is 0 Å². The van der Waals surface area contributed by atoms with Gasteiger partial charge in [-0.05, 0) is 35.3 Å². The number of allylic oxidation sites excluding steroid dienone is 6. The molecule has 0 radical (unpaired) electrons. The van der Waals surface area contributed by atoms with Crippen LogP contribution in [0.2, 0.25) is 0 Å². The van der Waals surface area contributed by atoms with E-state index in [0.717, 1.165) is 39.7 Å². The second kappa shape index (κ2) is 9.41. The minimum atomic E-state index is -0.294. The van der Waals surface area contributed by atoms with Gasteiger partial charge in [0.15, 0.2) is 6.29 Å². The molecule has 2 aromatic carbocycles. The van der Waals surface area contributed by atoms with Crippen molar-refractivity contribution in [2.75, 3.05) is 24.9 Å². The number of rotatable bonds is 6. The Morgan fingerprint density at radius 2 is 1.91 bits per heavy atom. The van der Waals surface area contributed by atoms with E-state index >= 15 is 0 Å². The number of aromatic nitrogens is 1. The molecule has 4 rings (SSSR count). The summed E-state index contributed by atoms with van der Waals surface area (Å²) in [5.74, 6) is 0.370. The molecule has 3 aromatic rings. The van der Waals surface area contributed by atoms with Crippen LogP contribution in [-0.4, -0.2) is 30.8 Å². The number of pyridine rings is 1. The quantitative estimate of drug-likeness (QED) is 0.375. The summed E-state index contributed by atoms with van der Waals surface area (Å²) in [6.07, 6.45) is 9.46. The number of hydrogen-bond acceptors (Lipinski definition) is 3. The Morgan fingerprint density at radius 1 is 1.12 bits per heavy atom. The van der Waals surface area contributed by atoms with Gasteiger partial charge in [-0.15, -0.1) is 11.6 Å². The highest BCUT2D eigenvalue weighted by Crippen LogP contribution is 2.32. The van der Waals surface area contributed by atoms with Gasteiger partial charge in [-0.1, -0.05) is 60.7 Å². The maximum absolute atomic E-state index is 13.6. The van der Waals surface area contributed by atoms with Gasteiger partial charge >= 0.3 is 0 Å². The normalized spacial score (nSPS) is 13.5. The monoisotopic (exact) mass is 444 g/mol. The summed E-state index contributed by atoms with van der Waals surface area (Å²) in [5, 5.41) is 0.861. The number of benzene rings is 2. The lowest BCUT2D eigenvalue weighted by atomic mass is 9.94. The lowest BCUT2D eigenvalue weighted by Crippen LogP contribution is -2.26. The smallest absolute Gasteiger partial charge is 0.262 e. The van der Waals surface area contributed by atoms with E-state index < -0.39 is 0 Å². The topological polar surface area (TPSA) is 42.3 Å². The number of nitrogens with zero attached hydrogens (tertiary/aromatic N) is 2. The highest BCUT2D eigenvalue weighted by molar-refractivity contribution is 6.20. The second-order valence-electron chi connectivity index (χ2n) is 8.03. The number of anilines is 1. The lowest BCUT2D eigenvalue weighted by molar-refractivity contribution is 0.112. The number of alkyl halides is 1. The summed E-state index contributed by atoms with van der Waals surface area (Å²) in [6, 6.07) is 15.8. The summed E-state index contributed by atoms with van der Waals surface area (Å²) in [5.41, 5.74) is 5.09. The largest absolute Gasteiger partial charge is 0.378 e. The van der Waals surface area contributed by atoms with Crippen LogP contribution in [0.1, 0.15) is 27.9 Å². The van der Waals surface area contributed by atoms with E-state index in [9.17, 15) is 9.59 Å². The lowest BCUT2D eigenvalue weighted by Gasteiger charge is -2.20. The first-order valence-corrected chi connectivity index (χ1v) is 11.1. The highest BCUT2D eigenvalue weighted by Gasteiger charge is 2.20. The number of carbonyl (C=O) groups is 1. The van der Waals surface area contributed by atoms with Crippen LogP contribution in [0.4, 0.5) is 5.69 Å². The molecule has 1 aliphatic rings. The van der Waals surface area contributed by atoms with E-state index in [2.05, 4.69) is 6.08 Å². The third-order valence-electron chi connectivity index (χ3n) is 5.70. The fraction of sp³-hybridized carbons (Fsp3) is 0.185. The average Bonchev–Trinajstić information content (AvgIpc) is 3.06. The molecule has 1 heterocycles. The van der Waals surface area contributed by atoms with Gasteiger partial charge in [0.2, 0.25) is 0 Å². The zero-order valence-electron chi connectivity index (χ0n) is 18.2. The van der Waals surface area contributed by atoms with Crippen molar-refractivity contribution in [1.82, 2.24) is 4.57 Å². The Kier molecular flexibility index (Phi) is 6.42. The molecule has 0 saturated heterocycles. The molecule has 0 aliphatic heterocycles. The van der Waals surface area contributed by atoms with Gasteiger partial charge in [0.1, 0.15) is 0 Å². The standard InChI is InChI=1S/C27H25ClN2O2/c1-29(2)22-12-13-23-25(15-22)30(17-19-8-4-3-5-9-19)27(32)24(18-31)26(23)21-11-7-6-10-20(14-21)16-28/h3-5,7-15,18H,6,16-17H2,1-2H3. The minimum absolute atomic E-state index is 0.165. The first-order valence-electron chi connectivity index (χ1n) is 10.5. The third-order valence-corrected chi connectivity index (χ3v) is 6.01. The summed E-state index contributed by atoms with van der Waals surface area (Å²) in [7, 11) is 3.94. The van der Waals surface area contributed by atoms with Crippen molar-refractivity contribution in [2.45, 2.75) is 13.0 Å². The second-order valence-corrected chi connectivity index (χ2v) is 8.30. The molecular formula is C27H25ClN2O2. The number of aldehydes is 1. The van der Waals surface area contributed by atoms with E-state index in [4.69, 9.17) is 11.6 Å². The summed E-state index contributed by atoms with van der Waals surface area (Å²) < 4.78 is 1.70. The molecule has 4 nitrogen and oxygen atoms in total. The Bertz CT molecular complexity index is 1310. The molecule has 0 fully saturated rings. The van der Waals surface area contributed by atoms with Crippen LogP contribution in [-0.2, 0) is 6.54 Å². The highest BCUT2D eigenvalue weighted by atomic mass is 35.5. The van der Waals surface area contributed by atoms with Crippen molar-refractivity contribution < 1.29 is 4.79 Å². The van der Waals surface area contributed by atoms with Crippen LogP contribution in [0.3, 0.4) is 0 Å². The van der Waals surface area contributed by atoms with Gasteiger partial charge in [-0.25, -0.2) is 0 Å². The maximum Gasteiger partial charge on any atom is 0.262 e. The molecule has 0 atom stereocenters. The van der Waals surface area contributed by atoms with E-state index in [1.54, 1.807) is 4.57 Å². The van der Waals surface area contributed by atoms with Crippen LogP contribution in [0.5, 0.6) is 0 Å². The third kappa shape index (κ3) is 4.19. The first-order chi connectivity index (χ1) is 15.5. The maximum atomic E-state index is 13.6. The molecular weight excluding hydrogens is 420 g/mol. The number of carbonyl (C=O) groups excluding carboxylic acids is 1. The van der Waals surface area contributed by atoms with Crippen molar-refractivity contribution in [3.05, 3.63) is 105 Å². The average molecular weight is 445 g/mol. The van der Waals surface area contributed by atoms with E-state index in [1.807, 2.05) is 85.8 Å². The molecule has 0 saturated carbocycles. The molecule has 0 unspecified atom stereocenters. The molecule has 162 valence electrons. The molecule has 0 amide bonds. The molecule has 0 N–H and O–H groups in total. The Morgan fingerprint density at radius 3 is 2.59 bits per heavy atom. The van der Waals surface area contributed by atoms with Crippen molar-refractivity contribution in [3.63, 3.8) is 0 Å². The molecule has 0 spiro atoms. The van der Waals surface area contributed by atoms with Gasteiger partial charge in [-0.3, -0.25) is 9.59 Å². The van der Waals surface area contributed by atoms with Gasteiger partial charge in [-0.2, -0.15) is 0 Å². The SMILES string of the molecule is CN(C)c1ccc2c(C3=CC(CCl)=CCC=C3)c(C=O)c(=O)n(Cc3ccccc3)c2c1. The molecule has 1 aromatic heterocycles. The van der Waals surface area contributed by atoms with E-state index in [-0.39, 0.29) is 11.1 Å². The first kappa shape index (κ1) is 21.8. The van der Waals surface area contributed by atoms with Crippen LogP contribution < -0.4 is 10.5 Å². The van der Waals surface area contributed by atoms with Crippen LogP contribution in [0.15, 0.2) is 83.2 Å². The Hall–Kier alpha value is -3.37. The molecule has 1 aliphatic carbocycles. The number of fused-ring (bicyclic) bond motifs is 1. The van der Waals surface area contributed by atoms with Crippen molar-refractivity contribution in [2.24, 2.45) is 0 Å². The molecule has 0 bridgehead atoms. The predicted molar refractivity (Wildman–Crippen MR) is 134 cm³/mol. The fourth-order valence-electron chi connectivity index (χ4n) is 4.05. The van der Waals surface area contributed by atoms with E-state index in [0.29, 0.717) is 24.3 Å². The Labute approximate surface area is 192 Å². The summed E-state index contributed by atoms with van der Waals surface area (Å²) in [4.78, 5) is 27.9. The van der Waals surface area contributed by atoms with Gasteiger partial charge in [0.25, 0.3) is 5.56 Å². The predicted octanol–water partition coefficient (Wildman–Crippen LogP) is 5.44. The van der Waals surface area contributed by atoms with Gasteiger partial charge in [0.05, 0.1) is 17.6 Å². The number of halogens is 1. The zero-order chi connectivity index (χ0) is 22.7. The Balaban J connectivity index is 2.07. The fourth-order valence-corrected chi connectivity index (χ4v) is 4.24. The van der Waals surface area contributed by atoms with Crippen molar-refractivity contribution in [1.29, 1.82) is 0 Å². The van der Waals surface area contributed by atoms with Gasteiger partial charge in [0, 0.05) is 36.6 Å². The summed E-state index contributed by atoms with van der Waals surface area (Å²) in [6.45, 7) is 0.385. The minimum Gasteiger partial charge on any atom is -0.378 e. The van der Waals surface area contributed by atoms with Crippen LogP contribution >= 0.6 is 11.6 Å². The van der Waals surface area contributed by atoms with Crippen molar-refractivity contribution in [3.8, 4) is 0 Å². The number of hydrogen-bond donors (Lipinski definition) is 0.